The van der Waals surface area contributed by atoms with Gasteiger partial charge in [-0.15, -0.1) is 0 Å². The highest BCUT2D eigenvalue weighted by Gasteiger charge is 2.15. The molecule has 7 nitrogen and oxygen atoms in total. The second kappa shape index (κ2) is 5.67. The number of aromatic nitrogens is 7. The quantitative estimate of drug-likeness (QED) is 0.578. The molecule has 4 aromatic heterocycles. The van der Waals surface area contributed by atoms with Crippen molar-refractivity contribution >= 4 is 11.3 Å². The molecule has 0 aliphatic rings. The molecule has 1 unspecified atom stereocenters. The Morgan fingerprint density at radius 3 is 2.58 bits per heavy atom. The second-order valence-electron chi connectivity index (χ2n) is 6.38. The maximum atomic E-state index is 4.74. The van der Waals surface area contributed by atoms with Crippen molar-refractivity contribution in [3.05, 3.63) is 54.7 Å². The lowest BCUT2D eigenvalue weighted by Gasteiger charge is -2.10. The van der Waals surface area contributed by atoms with Crippen LogP contribution in [-0.2, 0) is 6.42 Å². The van der Waals surface area contributed by atoms with E-state index in [0.717, 1.165) is 35.1 Å². The summed E-state index contributed by atoms with van der Waals surface area (Å²) < 4.78 is 3.98. The summed E-state index contributed by atoms with van der Waals surface area (Å²) in [6, 6.07) is 2.06. The van der Waals surface area contributed by atoms with Gasteiger partial charge in [0.25, 0.3) is 0 Å². The van der Waals surface area contributed by atoms with Crippen molar-refractivity contribution in [1.29, 1.82) is 0 Å². The number of imidazole rings is 2. The predicted molar refractivity (Wildman–Crippen MR) is 90.0 cm³/mol. The lowest BCUT2D eigenvalue weighted by Crippen LogP contribution is -2.07. The predicted octanol–water partition coefficient (Wildman–Crippen LogP) is 2.64. The van der Waals surface area contributed by atoms with E-state index in [1.165, 1.54) is 6.33 Å². The third-order valence-corrected chi connectivity index (χ3v) is 4.20. The van der Waals surface area contributed by atoms with Gasteiger partial charge in [0.05, 0.1) is 12.4 Å². The molecule has 0 saturated heterocycles. The Bertz CT molecular complexity index is 998. The third-order valence-electron chi connectivity index (χ3n) is 4.20. The first-order valence-corrected chi connectivity index (χ1v) is 8.09. The minimum absolute atomic E-state index is 0.209. The minimum Gasteiger partial charge on any atom is -0.288 e. The monoisotopic (exact) mass is 321 g/mol. The number of hydrogen-bond donors (Lipinski definition) is 0. The Morgan fingerprint density at radius 1 is 0.958 bits per heavy atom. The van der Waals surface area contributed by atoms with E-state index in [4.69, 9.17) is 4.98 Å². The zero-order chi connectivity index (χ0) is 16.7. The molecule has 0 amide bonds. The SMILES string of the molecule is CC(C)c1ncc2nc(CC(C)c3ncc4ncncn34)ccn12. The van der Waals surface area contributed by atoms with E-state index in [2.05, 4.69) is 57.4 Å². The van der Waals surface area contributed by atoms with Crippen LogP contribution in [0.2, 0.25) is 0 Å². The van der Waals surface area contributed by atoms with Crippen LogP contribution in [0.4, 0.5) is 0 Å². The molecule has 0 radical (unpaired) electrons. The molecule has 0 aliphatic carbocycles. The van der Waals surface area contributed by atoms with Crippen LogP contribution < -0.4 is 0 Å². The maximum Gasteiger partial charge on any atom is 0.159 e. The molecule has 0 saturated carbocycles. The molecule has 4 aromatic rings. The van der Waals surface area contributed by atoms with E-state index in [0.29, 0.717) is 5.92 Å². The van der Waals surface area contributed by atoms with E-state index in [-0.39, 0.29) is 5.92 Å². The third kappa shape index (κ3) is 2.42. The van der Waals surface area contributed by atoms with Crippen LogP contribution in [0.25, 0.3) is 11.3 Å². The van der Waals surface area contributed by atoms with E-state index < -0.39 is 0 Å². The molecule has 0 aliphatic heterocycles. The number of rotatable bonds is 4. The fourth-order valence-corrected chi connectivity index (χ4v) is 3.03. The lowest BCUT2D eigenvalue weighted by atomic mass is 10.0. The fourth-order valence-electron chi connectivity index (χ4n) is 3.03. The highest BCUT2D eigenvalue weighted by Crippen LogP contribution is 2.20. The Hall–Kier alpha value is -2.83. The van der Waals surface area contributed by atoms with Gasteiger partial charge in [-0.25, -0.2) is 24.9 Å². The second-order valence-corrected chi connectivity index (χ2v) is 6.38. The zero-order valence-corrected chi connectivity index (χ0v) is 14.0. The van der Waals surface area contributed by atoms with E-state index >= 15 is 0 Å². The molecule has 0 aromatic carbocycles. The molecule has 0 fully saturated rings. The van der Waals surface area contributed by atoms with Gasteiger partial charge in [-0.3, -0.25) is 8.80 Å². The van der Waals surface area contributed by atoms with Crippen LogP contribution >= 0.6 is 0 Å². The van der Waals surface area contributed by atoms with Gasteiger partial charge < -0.3 is 0 Å². The van der Waals surface area contributed by atoms with Gasteiger partial charge in [0.15, 0.2) is 11.3 Å². The number of hydrogen-bond acceptors (Lipinski definition) is 5. The van der Waals surface area contributed by atoms with Crippen LogP contribution in [0.1, 0.15) is 49.9 Å². The summed E-state index contributed by atoms with van der Waals surface area (Å²) in [5.74, 6) is 2.56. The van der Waals surface area contributed by atoms with Crippen molar-refractivity contribution in [1.82, 2.24) is 33.7 Å². The molecule has 24 heavy (non-hydrogen) atoms. The van der Waals surface area contributed by atoms with Crippen LogP contribution in [0.3, 0.4) is 0 Å². The van der Waals surface area contributed by atoms with Gasteiger partial charge in [-0.1, -0.05) is 20.8 Å². The molecular formula is C17H19N7. The largest absolute Gasteiger partial charge is 0.288 e. The molecular weight excluding hydrogens is 302 g/mol. The summed E-state index contributed by atoms with van der Waals surface area (Å²) in [6.07, 6.45) is 9.75. The minimum atomic E-state index is 0.209. The van der Waals surface area contributed by atoms with Crippen LogP contribution in [0.5, 0.6) is 0 Å². The van der Waals surface area contributed by atoms with Gasteiger partial charge in [0.1, 0.15) is 24.3 Å². The first-order chi connectivity index (χ1) is 11.6. The molecule has 7 heteroatoms. The normalized spacial score (nSPS) is 13.2. The highest BCUT2D eigenvalue weighted by molar-refractivity contribution is 5.39. The van der Waals surface area contributed by atoms with E-state index in [9.17, 15) is 0 Å². The van der Waals surface area contributed by atoms with Gasteiger partial charge >= 0.3 is 0 Å². The summed E-state index contributed by atoms with van der Waals surface area (Å²) >= 11 is 0. The summed E-state index contributed by atoms with van der Waals surface area (Å²) in [5.41, 5.74) is 2.73. The highest BCUT2D eigenvalue weighted by atomic mass is 15.1. The average molecular weight is 321 g/mol. The van der Waals surface area contributed by atoms with Crippen molar-refractivity contribution in [3.8, 4) is 0 Å². The molecule has 0 spiro atoms. The number of nitrogens with zero attached hydrogens (tertiary/aromatic N) is 7. The standard InChI is InChI=1S/C17H19N7/c1-11(2)16-19-8-15-22-13(4-5-23(15)16)6-12(3)17-20-7-14-21-9-18-10-24(14)17/h4-5,7-12H,6H2,1-3H3. The smallest absolute Gasteiger partial charge is 0.159 e. The number of fused-ring (bicyclic) bond motifs is 2. The molecule has 4 rings (SSSR count). The summed E-state index contributed by atoms with van der Waals surface area (Å²) in [5, 5.41) is 0. The van der Waals surface area contributed by atoms with Gasteiger partial charge in [0.2, 0.25) is 0 Å². The molecule has 1 atom stereocenters. The molecule has 0 bridgehead atoms. The van der Waals surface area contributed by atoms with Crippen LogP contribution in [-0.4, -0.2) is 33.7 Å². The molecule has 0 N–H and O–H groups in total. The van der Waals surface area contributed by atoms with Crippen LogP contribution in [0, 0.1) is 0 Å². The topological polar surface area (TPSA) is 73.3 Å². The zero-order valence-electron chi connectivity index (χ0n) is 14.0. The summed E-state index contributed by atoms with van der Waals surface area (Å²) in [4.78, 5) is 22.0. The Labute approximate surface area is 139 Å². The van der Waals surface area contributed by atoms with Crippen molar-refractivity contribution in [3.63, 3.8) is 0 Å². The van der Waals surface area contributed by atoms with Gasteiger partial charge in [0, 0.05) is 23.7 Å². The van der Waals surface area contributed by atoms with Crippen molar-refractivity contribution in [2.24, 2.45) is 0 Å². The van der Waals surface area contributed by atoms with E-state index in [1.54, 1.807) is 12.5 Å². The van der Waals surface area contributed by atoms with Crippen LogP contribution in [0.15, 0.2) is 37.3 Å². The average Bonchev–Trinajstić information content (AvgIpc) is 3.18. The molecule has 122 valence electrons. The first kappa shape index (κ1) is 14.7. The Morgan fingerprint density at radius 2 is 1.75 bits per heavy atom. The van der Waals surface area contributed by atoms with Crippen molar-refractivity contribution in [2.45, 2.75) is 39.0 Å². The first-order valence-electron chi connectivity index (χ1n) is 8.09. The summed E-state index contributed by atoms with van der Waals surface area (Å²) in [6.45, 7) is 6.41. The van der Waals surface area contributed by atoms with Crippen molar-refractivity contribution < 1.29 is 0 Å². The Kier molecular flexibility index (Phi) is 3.48. The van der Waals surface area contributed by atoms with Gasteiger partial charge in [-0.05, 0) is 12.5 Å². The van der Waals surface area contributed by atoms with Gasteiger partial charge in [-0.2, -0.15) is 0 Å². The molecule has 4 heterocycles. The van der Waals surface area contributed by atoms with E-state index in [1.807, 2.05) is 10.6 Å². The fraction of sp³-hybridized carbons (Fsp3) is 0.353. The van der Waals surface area contributed by atoms with Crippen molar-refractivity contribution in [2.75, 3.05) is 0 Å². The lowest BCUT2D eigenvalue weighted by molar-refractivity contribution is 0.677. The summed E-state index contributed by atoms with van der Waals surface area (Å²) in [7, 11) is 0. The maximum absolute atomic E-state index is 4.74. The Balaban J connectivity index is 1.64.